The fourth-order valence-electron chi connectivity index (χ4n) is 1.64. The quantitative estimate of drug-likeness (QED) is 0.618. The first-order valence-corrected chi connectivity index (χ1v) is 6.50. The number of carbonyl (C=O) groups is 1. The molecule has 0 aromatic heterocycles. The molecule has 0 unspecified atom stereocenters. The van der Waals surface area contributed by atoms with E-state index < -0.39 is 23.2 Å². The van der Waals surface area contributed by atoms with E-state index in [1.807, 2.05) is 6.92 Å². The van der Waals surface area contributed by atoms with Crippen LogP contribution in [-0.2, 0) is 0 Å². The summed E-state index contributed by atoms with van der Waals surface area (Å²) >= 11 is 0. The Labute approximate surface area is 121 Å². The summed E-state index contributed by atoms with van der Waals surface area (Å²) in [4.78, 5) is 11.8. The number of benzene rings is 2. The molecule has 2 aromatic carbocycles. The summed E-state index contributed by atoms with van der Waals surface area (Å²) in [7, 11) is 0. The van der Waals surface area contributed by atoms with E-state index in [0.717, 1.165) is 24.6 Å². The lowest BCUT2D eigenvalue weighted by molar-refractivity contribution is 0.0729. The molecular weight excluding hydrogens is 278 g/mol. The van der Waals surface area contributed by atoms with Crippen LogP contribution in [0.25, 0.3) is 0 Å². The molecule has 0 aliphatic rings. The van der Waals surface area contributed by atoms with Gasteiger partial charge in [0.2, 0.25) is 0 Å². The number of carbonyl (C=O) groups excluding carboxylic acids is 1. The largest absolute Gasteiger partial charge is 0.494 e. The van der Waals surface area contributed by atoms with Gasteiger partial charge in [-0.3, -0.25) is 0 Å². The molecule has 0 N–H and O–H groups in total. The lowest BCUT2D eigenvalue weighted by atomic mass is 10.2. The van der Waals surface area contributed by atoms with E-state index >= 15 is 0 Å². The minimum absolute atomic E-state index is 0.229. The SMILES string of the molecule is CCCOc1ccc(OC(=O)c2cc(F)ccc2F)cc1. The fourth-order valence-corrected chi connectivity index (χ4v) is 1.64. The Hall–Kier alpha value is -2.43. The molecule has 0 spiro atoms. The predicted molar refractivity (Wildman–Crippen MR) is 73.5 cm³/mol. The van der Waals surface area contributed by atoms with Crippen LogP contribution in [0.2, 0.25) is 0 Å². The second kappa shape index (κ2) is 6.83. The van der Waals surface area contributed by atoms with Crippen LogP contribution < -0.4 is 9.47 Å². The van der Waals surface area contributed by atoms with Crippen LogP contribution in [-0.4, -0.2) is 12.6 Å². The van der Waals surface area contributed by atoms with Gasteiger partial charge in [0.25, 0.3) is 0 Å². The molecule has 0 amide bonds. The van der Waals surface area contributed by atoms with Gasteiger partial charge in [0.05, 0.1) is 12.2 Å². The van der Waals surface area contributed by atoms with Crippen molar-refractivity contribution in [2.24, 2.45) is 0 Å². The molecule has 2 aromatic rings. The molecule has 0 fully saturated rings. The Morgan fingerprint density at radius 2 is 1.71 bits per heavy atom. The maximum atomic E-state index is 13.4. The predicted octanol–water partition coefficient (Wildman–Crippen LogP) is 3.97. The van der Waals surface area contributed by atoms with Gasteiger partial charge in [0.1, 0.15) is 23.1 Å². The summed E-state index contributed by atoms with van der Waals surface area (Å²) in [6, 6.07) is 8.95. The average Bonchev–Trinajstić information content (AvgIpc) is 2.49. The molecule has 3 nitrogen and oxygen atoms in total. The third-order valence-corrected chi connectivity index (χ3v) is 2.66. The normalized spacial score (nSPS) is 10.2. The smallest absolute Gasteiger partial charge is 0.346 e. The molecular formula is C16H14F2O3. The molecule has 0 saturated carbocycles. The van der Waals surface area contributed by atoms with E-state index in [9.17, 15) is 13.6 Å². The van der Waals surface area contributed by atoms with Crippen molar-refractivity contribution in [1.29, 1.82) is 0 Å². The molecule has 0 saturated heterocycles. The summed E-state index contributed by atoms with van der Waals surface area (Å²) in [6.07, 6.45) is 0.885. The first-order valence-electron chi connectivity index (χ1n) is 6.50. The Balaban J connectivity index is 2.07. The molecule has 2 rings (SSSR count). The zero-order chi connectivity index (χ0) is 15.2. The van der Waals surface area contributed by atoms with E-state index in [4.69, 9.17) is 9.47 Å². The second-order valence-electron chi connectivity index (χ2n) is 4.33. The topological polar surface area (TPSA) is 35.5 Å². The highest BCUT2D eigenvalue weighted by Gasteiger charge is 2.15. The summed E-state index contributed by atoms with van der Waals surface area (Å²) in [6.45, 7) is 2.58. The Morgan fingerprint density at radius 3 is 2.38 bits per heavy atom. The van der Waals surface area contributed by atoms with E-state index in [-0.39, 0.29) is 5.75 Å². The van der Waals surface area contributed by atoms with Crippen molar-refractivity contribution in [3.05, 3.63) is 59.7 Å². The van der Waals surface area contributed by atoms with Crippen LogP contribution in [0.3, 0.4) is 0 Å². The Kier molecular flexibility index (Phi) is 4.87. The van der Waals surface area contributed by atoms with E-state index in [0.29, 0.717) is 12.4 Å². The van der Waals surface area contributed by atoms with Gasteiger partial charge >= 0.3 is 5.97 Å². The van der Waals surface area contributed by atoms with Crippen LogP contribution >= 0.6 is 0 Å². The van der Waals surface area contributed by atoms with Crippen molar-refractivity contribution in [2.75, 3.05) is 6.61 Å². The molecule has 0 radical (unpaired) electrons. The average molecular weight is 292 g/mol. The minimum Gasteiger partial charge on any atom is -0.494 e. The molecule has 0 bridgehead atoms. The van der Waals surface area contributed by atoms with Crippen molar-refractivity contribution in [3.63, 3.8) is 0 Å². The van der Waals surface area contributed by atoms with Gasteiger partial charge in [-0.05, 0) is 48.9 Å². The molecule has 110 valence electrons. The van der Waals surface area contributed by atoms with Gasteiger partial charge < -0.3 is 9.47 Å². The Morgan fingerprint density at radius 1 is 1.05 bits per heavy atom. The highest BCUT2D eigenvalue weighted by Crippen LogP contribution is 2.20. The van der Waals surface area contributed by atoms with Crippen molar-refractivity contribution in [3.8, 4) is 11.5 Å². The van der Waals surface area contributed by atoms with Gasteiger partial charge in [0, 0.05) is 0 Å². The monoisotopic (exact) mass is 292 g/mol. The van der Waals surface area contributed by atoms with Gasteiger partial charge in [-0.15, -0.1) is 0 Å². The molecule has 5 heteroatoms. The third kappa shape index (κ3) is 4.02. The van der Waals surface area contributed by atoms with Gasteiger partial charge in [0.15, 0.2) is 0 Å². The lowest BCUT2D eigenvalue weighted by Gasteiger charge is -2.07. The van der Waals surface area contributed by atoms with E-state index in [2.05, 4.69) is 0 Å². The standard InChI is InChI=1S/C16H14F2O3/c1-2-9-20-12-4-6-13(7-5-12)21-16(19)14-10-11(17)3-8-15(14)18/h3-8,10H,2,9H2,1H3. The summed E-state index contributed by atoms with van der Waals surface area (Å²) in [5.41, 5.74) is -0.443. The zero-order valence-corrected chi connectivity index (χ0v) is 11.4. The van der Waals surface area contributed by atoms with E-state index in [1.54, 1.807) is 12.1 Å². The van der Waals surface area contributed by atoms with Crippen molar-refractivity contribution in [1.82, 2.24) is 0 Å². The number of hydrogen-bond acceptors (Lipinski definition) is 3. The van der Waals surface area contributed by atoms with Crippen molar-refractivity contribution >= 4 is 5.97 Å². The number of ether oxygens (including phenoxy) is 2. The first-order chi connectivity index (χ1) is 10.1. The first kappa shape index (κ1) is 15.0. The number of rotatable bonds is 5. The van der Waals surface area contributed by atoms with Crippen molar-refractivity contribution < 1.29 is 23.0 Å². The van der Waals surface area contributed by atoms with Gasteiger partial charge in [-0.2, -0.15) is 0 Å². The molecule has 0 aliphatic heterocycles. The summed E-state index contributed by atoms with van der Waals surface area (Å²) < 4.78 is 36.8. The van der Waals surface area contributed by atoms with Crippen LogP contribution in [0.15, 0.2) is 42.5 Å². The van der Waals surface area contributed by atoms with Gasteiger partial charge in [-0.1, -0.05) is 6.92 Å². The second-order valence-corrected chi connectivity index (χ2v) is 4.33. The van der Waals surface area contributed by atoms with Crippen LogP contribution in [0.1, 0.15) is 23.7 Å². The molecule has 0 heterocycles. The number of halogens is 2. The highest BCUT2D eigenvalue weighted by atomic mass is 19.1. The van der Waals surface area contributed by atoms with Gasteiger partial charge in [-0.25, -0.2) is 13.6 Å². The number of esters is 1. The lowest BCUT2D eigenvalue weighted by Crippen LogP contribution is -2.11. The molecule has 21 heavy (non-hydrogen) atoms. The van der Waals surface area contributed by atoms with E-state index in [1.165, 1.54) is 12.1 Å². The summed E-state index contributed by atoms with van der Waals surface area (Å²) in [5.74, 6) is -1.61. The number of hydrogen-bond donors (Lipinski definition) is 0. The Bertz CT molecular complexity index is 624. The third-order valence-electron chi connectivity index (χ3n) is 2.66. The highest BCUT2D eigenvalue weighted by molar-refractivity contribution is 5.91. The maximum Gasteiger partial charge on any atom is 0.346 e. The zero-order valence-electron chi connectivity index (χ0n) is 11.4. The van der Waals surface area contributed by atoms with Crippen molar-refractivity contribution in [2.45, 2.75) is 13.3 Å². The molecule has 0 aliphatic carbocycles. The fraction of sp³-hybridized carbons (Fsp3) is 0.188. The maximum absolute atomic E-state index is 13.4. The van der Waals surface area contributed by atoms with Crippen LogP contribution in [0, 0.1) is 11.6 Å². The van der Waals surface area contributed by atoms with Crippen LogP contribution in [0.4, 0.5) is 8.78 Å². The van der Waals surface area contributed by atoms with Crippen LogP contribution in [0.5, 0.6) is 11.5 Å². The minimum atomic E-state index is -0.950. The summed E-state index contributed by atoms with van der Waals surface area (Å²) in [5, 5.41) is 0. The molecule has 0 atom stereocenters.